The summed E-state index contributed by atoms with van der Waals surface area (Å²) in [6.45, 7) is 2.74. The van der Waals surface area contributed by atoms with Gasteiger partial charge in [-0.05, 0) is 6.42 Å². The second-order valence-electron chi connectivity index (χ2n) is 3.12. The molecule has 0 aromatic carbocycles. The van der Waals surface area contributed by atoms with Gasteiger partial charge < -0.3 is 5.11 Å². The van der Waals surface area contributed by atoms with Crippen LogP contribution in [-0.2, 0) is 9.59 Å². The molecule has 0 aliphatic carbocycles. The van der Waals surface area contributed by atoms with Crippen LogP contribution in [0.15, 0.2) is 12.3 Å². The summed E-state index contributed by atoms with van der Waals surface area (Å²) < 4.78 is 0. The van der Waals surface area contributed by atoms with Crippen molar-refractivity contribution in [1.82, 2.24) is 10.4 Å². The third-order valence-electron chi connectivity index (χ3n) is 1.66. The molecule has 0 aromatic heterocycles. The highest BCUT2D eigenvalue weighted by Gasteiger charge is 2.09. The van der Waals surface area contributed by atoms with Gasteiger partial charge in [-0.1, -0.05) is 25.8 Å². The molecule has 0 saturated heterocycles. The lowest BCUT2D eigenvalue weighted by Gasteiger charge is -2.16. The molecule has 0 aliphatic rings. The highest BCUT2D eigenvalue weighted by molar-refractivity contribution is 5.82. The third-order valence-corrected chi connectivity index (χ3v) is 1.66. The summed E-state index contributed by atoms with van der Waals surface area (Å²) in [7, 11) is 0. The quantitative estimate of drug-likeness (QED) is 0.519. The van der Waals surface area contributed by atoms with E-state index in [9.17, 15) is 9.59 Å². The summed E-state index contributed by atoms with van der Waals surface area (Å²) in [5, 5.41) is 9.64. The molecule has 86 valence electrons. The second-order valence-corrected chi connectivity index (χ2v) is 3.12. The first-order chi connectivity index (χ1) is 7.11. The number of allylic oxidation sites excluding steroid dienone is 1. The number of nitrogens with zero attached hydrogens (tertiary/aromatic N) is 1. The van der Waals surface area contributed by atoms with E-state index >= 15 is 0 Å². The number of hydrogen-bond donors (Lipinski definition) is 2. The van der Waals surface area contributed by atoms with E-state index in [-0.39, 0.29) is 5.91 Å². The summed E-state index contributed by atoms with van der Waals surface area (Å²) in [4.78, 5) is 21.9. The van der Waals surface area contributed by atoms with Crippen LogP contribution >= 0.6 is 0 Å². The fourth-order valence-corrected chi connectivity index (χ4v) is 0.930. The smallest absolute Gasteiger partial charge is 0.270 e. The molecule has 5 nitrogen and oxygen atoms in total. The first kappa shape index (κ1) is 13.6. The second kappa shape index (κ2) is 7.99. The van der Waals surface area contributed by atoms with E-state index in [2.05, 4.69) is 12.3 Å². The Balaban J connectivity index is 4.17. The van der Waals surface area contributed by atoms with Crippen molar-refractivity contribution in [2.24, 2.45) is 0 Å². The maximum atomic E-state index is 11.1. The number of hydrogen-bond acceptors (Lipinski definition) is 3. The van der Waals surface area contributed by atoms with Crippen molar-refractivity contribution in [2.45, 2.75) is 33.1 Å². The summed E-state index contributed by atoms with van der Waals surface area (Å²) in [6.07, 6.45) is 6.18. The minimum absolute atomic E-state index is 0.350. The van der Waals surface area contributed by atoms with Crippen LogP contribution in [-0.4, -0.2) is 28.5 Å². The number of nitrogens with one attached hydrogen (secondary N) is 1. The summed E-state index contributed by atoms with van der Waals surface area (Å²) in [6, 6.07) is 0. The molecule has 0 bridgehead atoms. The molecular weight excluding hydrogens is 196 g/mol. The van der Waals surface area contributed by atoms with E-state index in [0.29, 0.717) is 0 Å². The van der Waals surface area contributed by atoms with Crippen LogP contribution in [0.25, 0.3) is 0 Å². The SMILES string of the molecule is CCCC/C=C/N(NC(C)=O)C(=O)CO. The van der Waals surface area contributed by atoms with Gasteiger partial charge >= 0.3 is 0 Å². The fourth-order valence-electron chi connectivity index (χ4n) is 0.930. The normalized spacial score (nSPS) is 10.3. The van der Waals surface area contributed by atoms with Gasteiger partial charge in [0, 0.05) is 13.1 Å². The number of carbonyl (C=O) groups is 2. The summed E-state index contributed by atoms with van der Waals surface area (Å²) in [5.41, 5.74) is 2.31. The van der Waals surface area contributed by atoms with Crippen molar-refractivity contribution in [1.29, 1.82) is 0 Å². The third kappa shape index (κ3) is 6.68. The van der Waals surface area contributed by atoms with E-state index in [0.717, 1.165) is 24.3 Å². The van der Waals surface area contributed by atoms with Crippen molar-refractivity contribution >= 4 is 11.8 Å². The molecule has 0 aromatic rings. The van der Waals surface area contributed by atoms with Gasteiger partial charge in [-0.25, -0.2) is 5.01 Å². The average molecular weight is 214 g/mol. The maximum absolute atomic E-state index is 11.1. The van der Waals surface area contributed by atoms with Crippen molar-refractivity contribution in [3.63, 3.8) is 0 Å². The van der Waals surface area contributed by atoms with Crippen LogP contribution in [0.2, 0.25) is 0 Å². The zero-order chi connectivity index (χ0) is 11.7. The number of amides is 2. The van der Waals surface area contributed by atoms with Gasteiger partial charge in [0.05, 0.1) is 0 Å². The van der Waals surface area contributed by atoms with E-state index in [1.54, 1.807) is 6.08 Å². The Hall–Kier alpha value is -1.36. The van der Waals surface area contributed by atoms with Crippen LogP contribution in [0.5, 0.6) is 0 Å². The molecule has 0 aliphatic heterocycles. The standard InChI is InChI=1S/C10H18N2O3/c1-3-4-5-6-7-12(10(15)8-13)11-9(2)14/h6-7,13H,3-5,8H2,1-2H3,(H,11,14)/b7-6+. The summed E-state index contributed by atoms with van der Waals surface area (Å²) in [5.74, 6) is -0.908. The predicted molar refractivity (Wildman–Crippen MR) is 56.4 cm³/mol. The van der Waals surface area contributed by atoms with Gasteiger partial charge in [-0.15, -0.1) is 0 Å². The molecule has 0 fully saturated rings. The molecule has 5 heteroatoms. The Morgan fingerprint density at radius 2 is 2.13 bits per heavy atom. The lowest BCUT2D eigenvalue weighted by Crippen LogP contribution is -2.42. The Bertz CT molecular complexity index is 239. The molecule has 15 heavy (non-hydrogen) atoms. The lowest BCUT2D eigenvalue weighted by atomic mass is 10.2. The zero-order valence-corrected chi connectivity index (χ0v) is 9.19. The lowest BCUT2D eigenvalue weighted by molar-refractivity contribution is -0.139. The van der Waals surface area contributed by atoms with Gasteiger partial charge in [0.25, 0.3) is 5.91 Å². The van der Waals surface area contributed by atoms with Gasteiger partial charge in [0.15, 0.2) is 0 Å². The van der Waals surface area contributed by atoms with E-state index in [4.69, 9.17) is 5.11 Å². The minimum Gasteiger partial charge on any atom is -0.386 e. The van der Waals surface area contributed by atoms with Crippen LogP contribution in [0, 0.1) is 0 Å². The Morgan fingerprint density at radius 3 is 2.60 bits per heavy atom. The number of unbranched alkanes of at least 4 members (excludes halogenated alkanes) is 2. The molecule has 0 saturated carbocycles. The first-order valence-corrected chi connectivity index (χ1v) is 4.98. The largest absolute Gasteiger partial charge is 0.386 e. The van der Waals surface area contributed by atoms with E-state index in [1.807, 2.05) is 0 Å². The molecule has 0 rings (SSSR count). The average Bonchev–Trinajstić information content (AvgIpc) is 2.21. The Kier molecular flexibility index (Phi) is 7.27. The number of hydrazine groups is 1. The Morgan fingerprint density at radius 1 is 1.47 bits per heavy atom. The van der Waals surface area contributed by atoms with Crippen molar-refractivity contribution in [3.05, 3.63) is 12.3 Å². The van der Waals surface area contributed by atoms with Crippen molar-refractivity contribution in [2.75, 3.05) is 6.61 Å². The minimum atomic E-state index is -0.627. The summed E-state index contributed by atoms with van der Waals surface area (Å²) >= 11 is 0. The molecule has 0 heterocycles. The van der Waals surface area contributed by atoms with Crippen LogP contribution < -0.4 is 5.43 Å². The van der Waals surface area contributed by atoms with Crippen molar-refractivity contribution < 1.29 is 14.7 Å². The zero-order valence-electron chi connectivity index (χ0n) is 9.19. The van der Waals surface area contributed by atoms with Gasteiger partial charge in [0.1, 0.15) is 6.61 Å². The molecule has 2 amide bonds. The number of aliphatic hydroxyl groups is 1. The topological polar surface area (TPSA) is 69.6 Å². The van der Waals surface area contributed by atoms with Crippen LogP contribution in [0.3, 0.4) is 0 Å². The molecular formula is C10H18N2O3. The van der Waals surface area contributed by atoms with Crippen LogP contribution in [0.4, 0.5) is 0 Å². The molecule has 0 atom stereocenters. The van der Waals surface area contributed by atoms with Gasteiger partial charge in [-0.3, -0.25) is 15.0 Å². The maximum Gasteiger partial charge on any atom is 0.270 e. The van der Waals surface area contributed by atoms with Crippen molar-refractivity contribution in [3.8, 4) is 0 Å². The highest BCUT2D eigenvalue weighted by atomic mass is 16.3. The molecule has 0 unspecified atom stereocenters. The van der Waals surface area contributed by atoms with E-state index in [1.165, 1.54) is 13.1 Å². The van der Waals surface area contributed by atoms with Gasteiger partial charge in [0.2, 0.25) is 5.91 Å². The fraction of sp³-hybridized carbons (Fsp3) is 0.600. The molecule has 0 radical (unpaired) electrons. The number of aliphatic hydroxyl groups excluding tert-OH is 1. The van der Waals surface area contributed by atoms with E-state index < -0.39 is 12.5 Å². The van der Waals surface area contributed by atoms with Crippen LogP contribution in [0.1, 0.15) is 33.1 Å². The monoisotopic (exact) mass is 214 g/mol. The molecule has 0 spiro atoms. The number of rotatable bonds is 5. The van der Waals surface area contributed by atoms with Gasteiger partial charge in [-0.2, -0.15) is 0 Å². The highest BCUT2D eigenvalue weighted by Crippen LogP contribution is 1.96. The Labute approximate surface area is 89.7 Å². The predicted octanol–water partition coefficient (Wildman–Crippen LogP) is 0.562. The first-order valence-electron chi connectivity index (χ1n) is 4.98. The molecule has 2 N–H and O–H groups in total. The number of carbonyl (C=O) groups excluding carboxylic acids is 2.